The molecule has 1 aliphatic rings. The molecule has 0 spiro atoms. The van der Waals surface area contributed by atoms with Crippen molar-refractivity contribution in [2.45, 2.75) is 13.1 Å². The normalized spacial score (nSPS) is 12.5. The maximum Gasteiger partial charge on any atom is 0.261 e. The molecule has 0 aliphatic carbocycles. The summed E-state index contributed by atoms with van der Waals surface area (Å²) in [7, 11) is 5.44. The third-order valence-electron chi connectivity index (χ3n) is 5.63. The quantitative estimate of drug-likeness (QED) is 0.566. The molecule has 0 atom stereocenters. The first-order valence-corrected chi connectivity index (χ1v) is 10.6. The molecule has 0 bridgehead atoms. The van der Waals surface area contributed by atoms with Gasteiger partial charge >= 0.3 is 0 Å². The highest BCUT2D eigenvalue weighted by Gasteiger charge is 2.35. The number of hydrogen-bond donors (Lipinski definition) is 1. The van der Waals surface area contributed by atoms with E-state index in [1.54, 1.807) is 42.5 Å². The van der Waals surface area contributed by atoms with E-state index < -0.39 is 0 Å². The van der Waals surface area contributed by atoms with Gasteiger partial charge in [0.05, 0.1) is 30.3 Å². The summed E-state index contributed by atoms with van der Waals surface area (Å²) in [5, 5.41) is 2.91. The van der Waals surface area contributed by atoms with Crippen molar-refractivity contribution < 1.29 is 19.1 Å². The van der Waals surface area contributed by atoms with Gasteiger partial charge in [-0.25, -0.2) is 0 Å². The minimum Gasteiger partial charge on any atom is -0.496 e. The van der Waals surface area contributed by atoms with Gasteiger partial charge in [0.25, 0.3) is 17.7 Å². The summed E-state index contributed by atoms with van der Waals surface area (Å²) in [4.78, 5) is 41.5. The Hall–Kier alpha value is -4.13. The van der Waals surface area contributed by atoms with E-state index >= 15 is 0 Å². The molecule has 7 nitrogen and oxygen atoms in total. The molecular formula is C26H25N3O4. The lowest BCUT2D eigenvalue weighted by Crippen LogP contribution is -2.29. The van der Waals surface area contributed by atoms with Crippen molar-refractivity contribution in [1.29, 1.82) is 0 Å². The predicted octanol–water partition coefficient (Wildman–Crippen LogP) is 3.49. The lowest BCUT2D eigenvalue weighted by molar-refractivity contribution is 0.0642. The van der Waals surface area contributed by atoms with Gasteiger partial charge in [-0.3, -0.25) is 19.3 Å². The second-order valence-electron chi connectivity index (χ2n) is 8.02. The summed E-state index contributed by atoms with van der Waals surface area (Å²) in [5.74, 6) is -0.550. The summed E-state index contributed by atoms with van der Waals surface area (Å²) in [6.45, 7) is 0.431. The van der Waals surface area contributed by atoms with Crippen LogP contribution in [0.5, 0.6) is 5.75 Å². The first-order valence-electron chi connectivity index (χ1n) is 10.6. The van der Waals surface area contributed by atoms with Crippen molar-refractivity contribution in [3.05, 3.63) is 94.5 Å². The predicted molar refractivity (Wildman–Crippen MR) is 126 cm³/mol. The van der Waals surface area contributed by atoms with Crippen LogP contribution in [0.1, 0.15) is 42.2 Å². The smallest absolute Gasteiger partial charge is 0.261 e. The lowest BCUT2D eigenvalue weighted by atomic mass is 10.1. The fourth-order valence-corrected chi connectivity index (χ4v) is 3.79. The standard InChI is InChI=1S/C26H25N3O4/c1-28(2)19-11-8-17(9-12-19)15-27-24(30)22-14-18(10-13-23(22)33-3)16-29-25(31)20-6-4-5-7-21(20)26(29)32/h4-14H,15-16H2,1-3H3,(H,27,30). The molecule has 7 heteroatoms. The molecule has 0 saturated carbocycles. The van der Waals surface area contributed by atoms with Crippen LogP contribution in [0.25, 0.3) is 0 Å². The minimum absolute atomic E-state index is 0.0720. The number of imide groups is 1. The fourth-order valence-electron chi connectivity index (χ4n) is 3.79. The molecule has 3 amide bonds. The molecule has 0 saturated heterocycles. The Morgan fingerprint density at radius 1 is 0.909 bits per heavy atom. The Morgan fingerprint density at radius 3 is 2.09 bits per heavy atom. The van der Waals surface area contributed by atoms with E-state index in [1.165, 1.54) is 12.0 Å². The number of carbonyl (C=O) groups excluding carboxylic acids is 3. The van der Waals surface area contributed by atoms with Crippen molar-refractivity contribution in [3.8, 4) is 5.75 Å². The maximum atomic E-state index is 12.9. The molecule has 0 unspecified atom stereocenters. The highest BCUT2D eigenvalue weighted by atomic mass is 16.5. The van der Waals surface area contributed by atoms with Crippen LogP contribution in [0.4, 0.5) is 5.69 Å². The van der Waals surface area contributed by atoms with Crippen LogP contribution in [-0.4, -0.2) is 43.8 Å². The van der Waals surface area contributed by atoms with E-state index in [2.05, 4.69) is 5.32 Å². The largest absolute Gasteiger partial charge is 0.496 e. The van der Waals surface area contributed by atoms with Gasteiger partial charge in [-0.05, 0) is 47.5 Å². The zero-order chi connectivity index (χ0) is 23.5. The Kier molecular flexibility index (Phi) is 6.13. The van der Waals surface area contributed by atoms with E-state index in [9.17, 15) is 14.4 Å². The highest BCUT2D eigenvalue weighted by molar-refractivity contribution is 6.21. The highest BCUT2D eigenvalue weighted by Crippen LogP contribution is 2.26. The molecule has 1 heterocycles. The van der Waals surface area contributed by atoms with Gasteiger partial charge < -0.3 is 15.0 Å². The van der Waals surface area contributed by atoms with E-state index in [0.29, 0.717) is 34.5 Å². The molecule has 4 rings (SSSR count). The summed E-state index contributed by atoms with van der Waals surface area (Å²) in [6.07, 6.45) is 0. The van der Waals surface area contributed by atoms with Crippen molar-refractivity contribution in [2.24, 2.45) is 0 Å². The van der Waals surface area contributed by atoms with Crippen LogP contribution in [0.15, 0.2) is 66.7 Å². The second-order valence-corrected chi connectivity index (χ2v) is 8.02. The number of fused-ring (bicyclic) bond motifs is 1. The van der Waals surface area contributed by atoms with Crippen LogP contribution in [0.2, 0.25) is 0 Å². The number of carbonyl (C=O) groups is 3. The number of nitrogens with one attached hydrogen (secondary N) is 1. The van der Waals surface area contributed by atoms with Gasteiger partial charge in [-0.2, -0.15) is 0 Å². The van der Waals surface area contributed by atoms with Gasteiger partial charge in [0.1, 0.15) is 5.75 Å². The SMILES string of the molecule is COc1ccc(CN2C(=O)c3ccccc3C2=O)cc1C(=O)NCc1ccc(N(C)C)cc1. The van der Waals surface area contributed by atoms with Crippen molar-refractivity contribution in [3.63, 3.8) is 0 Å². The topological polar surface area (TPSA) is 78.9 Å². The van der Waals surface area contributed by atoms with Crippen molar-refractivity contribution in [1.82, 2.24) is 10.2 Å². The average Bonchev–Trinajstić information content (AvgIpc) is 3.07. The first kappa shape index (κ1) is 22.1. The van der Waals surface area contributed by atoms with Gasteiger partial charge in [0.2, 0.25) is 0 Å². The average molecular weight is 444 g/mol. The van der Waals surface area contributed by atoms with Crippen LogP contribution >= 0.6 is 0 Å². The van der Waals surface area contributed by atoms with Gasteiger partial charge in [0, 0.05) is 26.3 Å². The number of nitrogens with zero attached hydrogens (tertiary/aromatic N) is 2. The van der Waals surface area contributed by atoms with E-state index in [0.717, 1.165) is 11.3 Å². The molecule has 0 aromatic heterocycles. The Labute approximate surface area is 192 Å². The van der Waals surface area contributed by atoms with Crippen LogP contribution < -0.4 is 15.0 Å². The molecule has 0 radical (unpaired) electrons. The van der Waals surface area contributed by atoms with Crippen molar-refractivity contribution >= 4 is 23.4 Å². The van der Waals surface area contributed by atoms with Gasteiger partial charge in [-0.15, -0.1) is 0 Å². The molecule has 168 valence electrons. The first-order chi connectivity index (χ1) is 15.9. The minimum atomic E-state index is -0.335. The molecule has 1 aliphatic heterocycles. The summed E-state index contributed by atoms with van der Waals surface area (Å²) in [5.41, 5.74) is 3.84. The number of hydrogen-bond acceptors (Lipinski definition) is 5. The molecule has 33 heavy (non-hydrogen) atoms. The molecule has 1 N–H and O–H groups in total. The Morgan fingerprint density at radius 2 is 1.52 bits per heavy atom. The number of methoxy groups -OCH3 is 1. The van der Waals surface area contributed by atoms with E-state index in [4.69, 9.17) is 4.74 Å². The monoisotopic (exact) mass is 443 g/mol. The van der Waals surface area contributed by atoms with E-state index in [-0.39, 0.29) is 24.3 Å². The zero-order valence-corrected chi connectivity index (χ0v) is 18.8. The number of benzene rings is 3. The van der Waals surface area contributed by atoms with Crippen LogP contribution in [0, 0.1) is 0 Å². The molecule has 3 aromatic carbocycles. The lowest BCUT2D eigenvalue weighted by Gasteiger charge is -2.16. The molecular weight excluding hydrogens is 418 g/mol. The van der Waals surface area contributed by atoms with Gasteiger partial charge in [0.15, 0.2) is 0 Å². The fraction of sp³-hybridized carbons (Fsp3) is 0.192. The van der Waals surface area contributed by atoms with Crippen molar-refractivity contribution in [2.75, 3.05) is 26.1 Å². The summed E-state index contributed by atoms with van der Waals surface area (Å²) < 4.78 is 5.36. The van der Waals surface area contributed by atoms with Crippen LogP contribution in [-0.2, 0) is 13.1 Å². The zero-order valence-electron chi connectivity index (χ0n) is 18.8. The number of anilines is 1. The Balaban J connectivity index is 1.49. The molecule has 0 fully saturated rings. The number of amides is 3. The van der Waals surface area contributed by atoms with Crippen LogP contribution in [0.3, 0.4) is 0 Å². The summed E-state index contributed by atoms with van der Waals surface area (Å²) >= 11 is 0. The van der Waals surface area contributed by atoms with E-state index in [1.807, 2.05) is 43.3 Å². The van der Waals surface area contributed by atoms with Gasteiger partial charge in [-0.1, -0.05) is 30.3 Å². The third-order valence-corrected chi connectivity index (χ3v) is 5.63. The Bertz CT molecular complexity index is 1180. The maximum absolute atomic E-state index is 12.9. The number of ether oxygens (including phenoxy) is 1. The molecule has 3 aromatic rings. The number of rotatable bonds is 7. The third kappa shape index (κ3) is 4.43. The second kappa shape index (κ2) is 9.16. The summed E-state index contributed by atoms with van der Waals surface area (Å²) in [6, 6.07) is 19.8.